The van der Waals surface area contributed by atoms with Crippen molar-refractivity contribution in [3.63, 3.8) is 0 Å². The van der Waals surface area contributed by atoms with Crippen LogP contribution < -0.4 is 10.8 Å². The van der Waals surface area contributed by atoms with E-state index in [1.54, 1.807) is 17.7 Å². The molecule has 3 N–H and O–H groups in total. The number of benzene rings is 1. The molecule has 1 heterocycles. The Balaban J connectivity index is 1.99. The second-order valence-electron chi connectivity index (χ2n) is 5.55. The molecule has 1 aromatic carbocycles. The van der Waals surface area contributed by atoms with Gasteiger partial charge < -0.3 is 5.32 Å². The Morgan fingerprint density at radius 2 is 2.04 bits per heavy atom. The molecule has 2 rings (SSSR count). The highest BCUT2D eigenvalue weighted by Gasteiger charge is 2.11. The number of aryl methyl sites for hydroxylation is 1. The van der Waals surface area contributed by atoms with Gasteiger partial charge in [-0.2, -0.15) is 0 Å². The molecule has 1 amide bonds. The van der Waals surface area contributed by atoms with Gasteiger partial charge in [0.1, 0.15) is 5.69 Å². The molecule has 0 aliphatic carbocycles. The number of amides is 1. The van der Waals surface area contributed by atoms with Crippen LogP contribution >= 0.6 is 0 Å². The summed E-state index contributed by atoms with van der Waals surface area (Å²) >= 11 is 0. The molecule has 1 aromatic heterocycles. The van der Waals surface area contributed by atoms with Gasteiger partial charge in [-0.15, -0.1) is 0 Å². The summed E-state index contributed by atoms with van der Waals surface area (Å²) in [7, 11) is 0. The van der Waals surface area contributed by atoms with Gasteiger partial charge in [0.15, 0.2) is 0 Å². The van der Waals surface area contributed by atoms with Crippen LogP contribution in [0.15, 0.2) is 48.7 Å². The highest BCUT2D eigenvalue weighted by Crippen LogP contribution is 2.18. The first kappa shape index (κ1) is 17.8. The van der Waals surface area contributed by atoms with Gasteiger partial charge in [0.25, 0.3) is 5.91 Å². The zero-order valence-electron chi connectivity index (χ0n) is 14.0. The topological polar surface area (TPSA) is 74.2 Å². The summed E-state index contributed by atoms with van der Waals surface area (Å²) in [4.78, 5) is 15.6. The molecule has 0 aliphatic rings. The van der Waals surface area contributed by atoms with E-state index in [-0.39, 0.29) is 5.69 Å². The van der Waals surface area contributed by atoms with Crippen LogP contribution in [0.4, 0.5) is 0 Å². The van der Waals surface area contributed by atoms with Gasteiger partial charge >= 0.3 is 0 Å². The number of carbonyl (C=O) groups excluding carboxylic acids is 1. The number of rotatable bonds is 7. The maximum Gasteiger partial charge on any atom is 0.293 e. The minimum atomic E-state index is -0.608. The van der Waals surface area contributed by atoms with Crippen molar-refractivity contribution in [1.29, 1.82) is 0 Å². The van der Waals surface area contributed by atoms with E-state index < -0.39 is 5.91 Å². The first-order valence-corrected chi connectivity index (χ1v) is 7.97. The van der Waals surface area contributed by atoms with E-state index in [4.69, 9.17) is 5.21 Å². The fourth-order valence-electron chi connectivity index (χ4n) is 2.50. The molecule has 2 aromatic rings. The van der Waals surface area contributed by atoms with Crippen LogP contribution in [-0.4, -0.2) is 29.2 Å². The van der Waals surface area contributed by atoms with Crippen LogP contribution in [0.25, 0.3) is 5.57 Å². The average molecular weight is 325 g/mol. The summed E-state index contributed by atoms with van der Waals surface area (Å²) in [5, 5.41) is 12.2. The zero-order valence-corrected chi connectivity index (χ0v) is 14.0. The number of pyridine rings is 1. The van der Waals surface area contributed by atoms with E-state index in [1.807, 2.05) is 38.1 Å². The lowest BCUT2D eigenvalue weighted by atomic mass is 10.0. The molecule has 24 heavy (non-hydrogen) atoms. The molecule has 0 saturated heterocycles. The standard InChI is InChI=1S/C19H23N3O2/c1-3-16(13-20-10-9-15-7-5-4-6-8-15)17-11-18(19(23)22-24)21-12-14(17)2/h3-8,11-12,20,24H,9-10,13H2,1-2H3,(H,22,23)/b16-3-. The van der Waals surface area contributed by atoms with E-state index in [1.165, 1.54) is 5.56 Å². The number of hydroxylamine groups is 1. The highest BCUT2D eigenvalue weighted by molar-refractivity contribution is 5.92. The van der Waals surface area contributed by atoms with Gasteiger partial charge in [-0.3, -0.25) is 15.0 Å². The lowest BCUT2D eigenvalue weighted by Gasteiger charge is -2.13. The summed E-state index contributed by atoms with van der Waals surface area (Å²) in [6, 6.07) is 12.0. The van der Waals surface area contributed by atoms with E-state index in [9.17, 15) is 4.79 Å². The van der Waals surface area contributed by atoms with Crippen molar-refractivity contribution < 1.29 is 10.0 Å². The van der Waals surface area contributed by atoms with Crippen molar-refractivity contribution in [3.8, 4) is 0 Å². The lowest BCUT2D eigenvalue weighted by molar-refractivity contribution is 0.0700. The van der Waals surface area contributed by atoms with E-state index in [0.29, 0.717) is 6.54 Å². The summed E-state index contributed by atoms with van der Waals surface area (Å²) in [5.41, 5.74) is 6.15. The second kappa shape index (κ2) is 8.96. The Labute approximate surface area is 142 Å². The molecule has 0 bridgehead atoms. The molecule has 0 saturated carbocycles. The predicted octanol–water partition coefficient (Wildman–Crippen LogP) is 2.74. The van der Waals surface area contributed by atoms with Gasteiger partial charge in [0.2, 0.25) is 0 Å². The maximum atomic E-state index is 11.5. The number of aromatic nitrogens is 1. The summed E-state index contributed by atoms with van der Waals surface area (Å²) < 4.78 is 0. The van der Waals surface area contributed by atoms with Crippen molar-refractivity contribution >= 4 is 11.5 Å². The van der Waals surface area contributed by atoms with Crippen molar-refractivity contribution in [2.75, 3.05) is 13.1 Å². The van der Waals surface area contributed by atoms with Crippen LogP contribution in [-0.2, 0) is 6.42 Å². The number of carbonyl (C=O) groups is 1. The monoisotopic (exact) mass is 325 g/mol. The van der Waals surface area contributed by atoms with Gasteiger partial charge in [-0.05, 0) is 55.1 Å². The van der Waals surface area contributed by atoms with E-state index in [0.717, 1.165) is 29.7 Å². The molecule has 0 aliphatic heterocycles. The number of nitrogens with one attached hydrogen (secondary N) is 2. The van der Waals surface area contributed by atoms with Gasteiger partial charge in [-0.25, -0.2) is 5.48 Å². The van der Waals surface area contributed by atoms with Gasteiger partial charge in [0.05, 0.1) is 0 Å². The first-order chi connectivity index (χ1) is 11.7. The third-order valence-electron chi connectivity index (χ3n) is 3.88. The Bertz CT molecular complexity index is 712. The van der Waals surface area contributed by atoms with Crippen LogP contribution in [0, 0.1) is 6.92 Å². The largest absolute Gasteiger partial charge is 0.312 e. The molecular formula is C19H23N3O2. The Hall–Kier alpha value is -2.50. The fourth-order valence-corrected chi connectivity index (χ4v) is 2.50. The Kier molecular flexibility index (Phi) is 6.66. The summed E-state index contributed by atoms with van der Waals surface area (Å²) in [6.45, 7) is 5.50. The van der Waals surface area contributed by atoms with Crippen LogP contribution in [0.2, 0.25) is 0 Å². The highest BCUT2D eigenvalue weighted by atomic mass is 16.5. The number of allylic oxidation sites excluding steroid dienone is 1. The van der Waals surface area contributed by atoms with Crippen molar-refractivity contribution in [2.24, 2.45) is 0 Å². The van der Waals surface area contributed by atoms with Gasteiger partial charge in [-0.1, -0.05) is 36.4 Å². The number of hydrogen-bond acceptors (Lipinski definition) is 4. The molecule has 0 spiro atoms. The number of nitrogens with zero attached hydrogens (tertiary/aromatic N) is 1. The van der Waals surface area contributed by atoms with Crippen molar-refractivity contribution in [3.05, 3.63) is 71.1 Å². The Morgan fingerprint density at radius 3 is 2.71 bits per heavy atom. The SMILES string of the molecule is C/C=C(/CNCCc1ccccc1)c1cc(C(=O)NO)ncc1C. The first-order valence-electron chi connectivity index (χ1n) is 7.97. The number of hydrogen-bond donors (Lipinski definition) is 3. The third kappa shape index (κ3) is 4.75. The molecule has 0 radical (unpaired) electrons. The summed E-state index contributed by atoms with van der Waals surface area (Å²) in [6.07, 6.45) is 4.64. The molecule has 0 atom stereocenters. The molecular weight excluding hydrogens is 302 g/mol. The minimum Gasteiger partial charge on any atom is -0.312 e. The molecule has 5 heteroatoms. The van der Waals surface area contributed by atoms with E-state index >= 15 is 0 Å². The van der Waals surface area contributed by atoms with Crippen LogP contribution in [0.5, 0.6) is 0 Å². The lowest BCUT2D eigenvalue weighted by Crippen LogP contribution is -2.22. The minimum absolute atomic E-state index is 0.196. The molecule has 0 unspecified atom stereocenters. The van der Waals surface area contributed by atoms with Crippen molar-refractivity contribution in [1.82, 2.24) is 15.8 Å². The van der Waals surface area contributed by atoms with Gasteiger partial charge in [0, 0.05) is 12.7 Å². The van der Waals surface area contributed by atoms with Crippen molar-refractivity contribution in [2.45, 2.75) is 20.3 Å². The summed E-state index contributed by atoms with van der Waals surface area (Å²) in [5.74, 6) is -0.608. The van der Waals surface area contributed by atoms with Crippen LogP contribution in [0.3, 0.4) is 0 Å². The third-order valence-corrected chi connectivity index (χ3v) is 3.88. The fraction of sp³-hybridized carbons (Fsp3) is 0.263. The molecule has 5 nitrogen and oxygen atoms in total. The Morgan fingerprint density at radius 1 is 1.29 bits per heavy atom. The second-order valence-corrected chi connectivity index (χ2v) is 5.55. The smallest absolute Gasteiger partial charge is 0.293 e. The zero-order chi connectivity index (χ0) is 17.4. The molecule has 126 valence electrons. The van der Waals surface area contributed by atoms with Crippen LogP contribution in [0.1, 0.15) is 34.1 Å². The van der Waals surface area contributed by atoms with E-state index in [2.05, 4.69) is 22.4 Å². The average Bonchev–Trinajstić information content (AvgIpc) is 2.63. The predicted molar refractivity (Wildman–Crippen MR) is 94.9 cm³/mol. The maximum absolute atomic E-state index is 11.5. The normalized spacial score (nSPS) is 11.4. The quantitative estimate of drug-likeness (QED) is 0.416. The molecule has 0 fully saturated rings.